The van der Waals surface area contributed by atoms with Crippen molar-refractivity contribution in [3.63, 3.8) is 0 Å². The van der Waals surface area contributed by atoms with Gasteiger partial charge in [-0.3, -0.25) is 0 Å². The Morgan fingerprint density at radius 2 is 0.978 bits per heavy atom. The van der Waals surface area contributed by atoms with Crippen LogP contribution in [0.1, 0.15) is 16.7 Å². The summed E-state index contributed by atoms with van der Waals surface area (Å²) in [6.45, 7) is 0. The van der Waals surface area contributed by atoms with Crippen molar-refractivity contribution < 1.29 is 5.11 Å². The molecule has 0 fully saturated rings. The molecule has 1 unspecified atom stereocenters. The Hall–Kier alpha value is -5.84. The molecule has 2 heterocycles. The third kappa shape index (κ3) is 3.70. The Morgan fingerprint density at radius 3 is 1.67 bits per heavy atom. The number of aromatic nitrogens is 3. The summed E-state index contributed by atoms with van der Waals surface area (Å²) in [5.41, 5.74) is 8.03. The van der Waals surface area contributed by atoms with Crippen LogP contribution in [0.25, 0.3) is 61.4 Å². The fraction of sp³-hybridized carbons (Fsp3) is 0.0244. The molecule has 0 aliphatic heterocycles. The van der Waals surface area contributed by atoms with Gasteiger partial charge in [-0.25, -0.2) is 9.97 Å². The maximum Gasteiger partial charge on any atom is 0.160 e. The van der Waals surface area contributed by atoms with Crippen molar-refractivity contribution in [3.05, 3.63) is 174 Å². The van der Waals surface area contributed by atoms with Crippen molar-refractivity contribution in [2.24, 2.45) is 0 Å². The molecule has 9 rings (SSSR count). The molecule has 4 heteroatoms. The van der Waals surface area contributed by atoms with Gasteiger partial charge >= 0.3 is 0 Å². The van der Waals surface area contributed by atoms with Gasteiger partial charge in [-0.2, -0.15) is 0 Å². The molecule has 1 N–H and O–H groups in total. The first-order valence-electron chi connectivity index (χ1n) is 15.2. The van der Waals surface area contributed by atoms with E-state index in [0.717, 1.165) is 55.9 Å². The number of hydrogen-bond acceptors (Lipinski definition) is 3. The molecule has 45 heavy (non-hydrogen) atoms. The lowest BCUT2D eigenvalue weighted by molar-refractivity contribution is 0.131. The highest BCUT2D eigenvalue weighted by Crippen LogP contribution is 2.54. The van der Waals surface area contributed by atoms with Crippen LogP contribution in [0.3, 0.4) is 0 Å². The van der Waals surface area contributed by atoms with Crippen LogP contribution in [0.2, 0.25) is 0 Å². The van der Waals surface area contributed by atoms with Crippen molar-refractivity contribution in [2.75, 3.05) is 0 Å². The number of para-hydroxylation sites is 3. The first-order valence-corrected chi connectivity index (χ1v) is 15.2. The molecule has 1 aliphatic rings. The van der Waals surface area contributed by atoms with E-state index in [-0.39, 0.29) is 0 Å². The third-order valence-corrected chi connectivity index (χ3v) is 9.04. The van der Waals surface area contributed by atoms with Crippen LogP contribution < -0.4 is 0 Å². The van der Waals surface area contributed by atoms with E-state index in [9.17, 15) is 5.11 Å². The normalized spacial score (nSPS) is 15.3. The van der Waals surface area contributed by atoms with Gasteiger partial charge in [0.15, 0.2) is 5.82 Å². The minimum Gasteiger partial charge on any atom is -0.376 e. The van der Waals surface area contributed by atoms with E-state index in [1.807, 2.05) is 84.9 Å². The molecule has 6 aromatic carbocycles. The molecule has 0 saturated carbocycles. The second-order valence-corrected chi connectivity index (χ2v) is 11.5. The number of aliphatic hydroxyl groups is 1. The molecule has 8 aromatic rings. The number of benzene rings is 6. The van der Waals surface area contributed by atoms with Crippen molar-refractivity contribution in [2.45, 2.75) is 5.60 Å². The average molecular weight is 578 g/mol. The van der Waals surface area contributed by atoms with E-state index in [1.54, 1.807) is 0 Å². The Morgan fingerprint density at radius 1 is 0.467 bits per heavy atom. The lowest BCUT2D eigenvalue weighted by Gasteiger charge is -2.30. The lowest BCUT2D eigenvalue weighted by atomic mass is 9.81. The second kappa shape index (κ2) is 9.84. The van der Waals surface area contributed by atoms with Crippen LogP contribution in [0, 0.1) is 0 Å². The van der Waals surface area contributed by atoms with Crippen LogP contribution >= 0.6 is 0 Å². The molecule has 0 radical (unpaired) electrons. The standard InChI is InChI=1S/C41H27N3O/c45-41(33-23-11-14-26-36(33)44-34-24-12-8-19-29(34)30-20-9-13-25-35(30)44)32-22-10-7-21-31(32)39-37(41)38(27-15-3-1-4-16-27)42-40(43-39)28-17-5-2-6-18-28/h1-26,45H. The number of rotatable bonds is 4. The summed E-state index contributed by atoms with van der Waals surface area (Å²) in [6, 6.07) is 53.4. The average Bonchev–Trinajstić information content (AvgIpc) is 3.59. The topological polar surface area (TPSA) is 50.9 Å². The van der Waals surface area contributed by atoms with Crippen molar-refractivity contribution >= 4 is 21.8 Å². The van der Waals surface area contributed by atoms with E-state index in [0.29, 0.717) is 11.4 Å². The molecule has 212 valence electrons. The molecule has 0 saturated heterocycles. The first-order chi connectivity index (χ1) is 22.2. The van der Waals surface area contributed by atoms with E-state index < -0.39 is 5.60 Å². The van der Waals surface area contributed by atoms with Crippen molar-refractivity contribution in [1.29, 1.82) is 0 Å². The van der Waals surface area contributed by atoms with Gasteiger partial charge in [0.25, 0.3) is 0 Å². The largest absolute Gasteiger partial charge is 0.376 e. The maximum absolute atomic E-state index is 13.5. The Balaban J connectivity index is 1.40. The number of hydrogen-bond donors (Lipinski definition) is 1. The first kappa shape index (κ1) is 25.6. The summed E-state index contributed by atoms with van der Waals surface area (Å²) in [7, 11) is 0. The molecule has 1 atom stereocenters. The Labute approximate surface area is 260 Å². The molecular formula is C41H27N3O. The second-order valence-electron chi connectivity index (χ2n) is 11.5. The van der Waals surface area contributed by atoms with E-state index in [2.05, 4.69) is 77.4 Å². The molecule has 0 amide bonds. The van der Waals surface area contributed by atoms with Crippen LogP contribution in [0.4, 0.5) is 0 Å². The molecule has 2 aromatic heterocycles. The summed E-state index contributed by atoms with van der Waals surface area (Å²) in [5, 5.41) is 15.8. The minimum absolute atomic E-state index is 0.628. The summed E-state index contributed by atoms with van der Waals surface area (Å²) >= 11 is 0. The molecule has 0 bridgehead atoms. The van der Waals surface area contributed by atoms with Gasteiger partial charge in [-0.15, -0.1) is 0 Å². The van der Waals surface area contributed by atoms with Crippen LogP contribution in [0.5, 0.6) is 0 Å². The summed E-state index contributed by atoms with van der Waals surface area (Å²) in [5.74, 6) is 0.628. The molecular weight excluding hydrogens is 550 g/mol. The predicted octanol–water partition coefficient (Wildman–Crippen LogP) is 9.17. The van der Waals surface area contributed by atoms with Gasteiger partial charge in [0.1, 0.15) is 5.60 Å². The van der Waals surface area contributed by atoms with Crippen molar-refractivity contribution in [3.8, 4) is 39.6 Å². The lowest BCUT2D eigenvalue weighted by Crippen LogP contribution is -2.29. The van der Waals surface area contributed by atoms with Gasteiger partial charge in [0, 0.05) is 44.2 Å². The van der Waals surface area contributed by atoms with Gasteiger partial charge < -0.3 is 9.67 Å². The van der Waals surface area contributed by atoms with Crippen LogP contribution in [-0.2, 0) is 5.60 Å². The highest BCUT2D eigenvalue weighted by molar-refractivity contribution is 6.09. The molecule has 1 aliphatic carbocycles. The van der Waals surface area contributed by atoms with Gasteiger partial charge in [0.05, 0.1) is 28.1 Å². The van der Waals surface area contributed by atoms with E-state index in [4.69, 9.17) is 9.97 Å². The van der Waals surface area contributed by atoms with E-state index >= 15 is 0 Å². The van der Waals surface area contributed by atoms with Crippen molar-refractivity contribution in [1.82, 2.24) is 14.5 Å². The zero-order valence-corrected chi connectivity index (χ0v) is 24.3. The zero-order valence-electron chi connectivity index (χ0n) is 24.3. The minimum atomic E-state index is -1.53. The smallest absolute Gasteiger partial charge is 0.160 e. The fourth-order valence-corrected chi connectivity index (χ4v) is 7.10. The monoisotopic (exact) mass is 577 g/mol. The highest BCUT2D eigenvalue weighted by atomic mass is 16.3. The van der Waals surface area contributed by atoms with E-state index in [1.165, 1.54) is 10.8 Å². The zero-order chi connectivity index (χ0) is 30.0. The summed E-state index contributed by atoms with van der Waals surface area (Å²) in [6.07, 6.45) is 0. The number of fused-ring (bicyclic) bond motifs is 6. The SMILES string of the molecule is OC1(c2ccccc2-n2c3ccccc3c3ccccc32)c2ccccc2-c2nc(-c3ccccc3)nc(-c3ccccc3)c21. The van der Waals surface area contributed by atoms with Gasteiger partial charge in [-0.1, -0.05) is 140 Å². The highest BCUT2D eigenvalue weighted by Gasteiger charge is 2.48. The molecule has 4 nitrogen and oxygen atoms in total. The molecule has 0 spiro atoms. The Bertz CT molecular complexity index is 2340. The Kier molecular flexibility index (Phi) is 5.61. The summed E-state index contributed by atoms with van der Waals surface area (Å²) in [4.78, 5) is 10.4. The third-order valence-electron chi connectivity index (χ3n) is 9.04. The summed E-state index contributed by atoms with van der Waals surface area (Å²) < 4.78 is 2.28. The van der Waals surface area contributed by atoms with Gasteiger partial charge in [0.2, 0.25) is 0 Å². The van der Waals surface area contributed by atoms with Crippen LogP contribution in [0.15, 0.2) is 158 Å². The maximum atomic E-state index is 13.5. The number of nitrogens with zero attached hydrogens (tertiary/aromatic N) is 3. The predicted molar refractivity (Wildman–Crippen MR) is 181 cm³/mol. The fourth-order valence-electron chi connectivity index (χ4n) is 7.10. The van der Waals surface area contributed by atoms with Gasteiger partial charge in [-0.05, 0) is 18.2 Å². The quantitative estimate of drug-likeness (QED) is 0.227. The van der Waals surface area contributed by atoms with Crippen LogP contribution in [-0.4, -0.2) is 19.6 Å².